The molecule has 3 heteroatoms. The fraction of sp³-hybridized carbons (Fsp3) is 0.278. The Morgan fingerprint density at radius 3 is 1.36 bits per heavy atom. The van der Waals surface area contributed by atoms with Gasteiger partial charge in [0.1, 0.15) is 0 Å². The van der Waals surface area contributed by atoms with Crippen molar-refractivity contribution in [3.8, 4) is 0 Å². The van der Waals surface area contributed by atoms with Gasteiger partial charge in [0.25, 0.3) is 0 Å². The van der Waals surface area contributed by atoms with Crippen molar-refractivity contribution in [3.63, 3.8) is 0 Å². The highest BCUT2D eigenvalue weighted by molar-refractivity contribution is 5.87. The van der Waals surface area contributed by atoms with Crippen molar-refractivity contribution >= 4 is 38.6 Å². The first-order chi connectivity index (χ1) is 19.2. The number of hydrogen-bond acceptors (Lipinski definition) is 3. The van der Waals surface area contributed by atoms with Gasteiger partial charge in [-0.3, -0.25) is 0 Å². The molecule has 39 heavy (non-hydrogen) atoms. The lowest BCUT2D eigenvalue weighted by Crippen LogP contribution is -2.34. The summed E-state index contributed by atoms with van der Waals surface area (Å²) in [5.74, 6) is 1.22. The van der Waals surface area contributed by atoms with Crippen LogP contribution in [0.15, 0.2) is 103 Å². The predicted molar refractivity (Wildman–Crippen MR) is 167 cm³/mol. The molecule has 196 valence electrons. The minimum atomic E-state index is 0.612. The molecule has 2 saturated heterocycles. The van der Waals surface area contributed by atoms with E-state index in [1.165, 1.54) is 69.7 Å². The van der Waals surface area contributed by atoms with E-state index >= 15 is 0 Å². The Bertz CT molecular complexity index is 1480. The zero-order chi connectivity index (χ0) is 26.2. The van der Waals surface area contributed by atoms with E-state index in [2.05, 4.69) is 113 Å². The first-order valence-corrected chi connectivity index (χ1v) is 14.6. The third-order valence-electron chi connectivity index (χ3n) is 9.17. The first kappa shape index (κ1) is 24.1. The van der Waals surface area contributed by atoms with Gasteiger partial charge < -0.3 is 15.5 Å². The van der Waals surface area contributed by atoms with Crippen LogP contribution in [0, 0.1) is 0 Å². The van der Waals surface area contributed by atoms with Gasteiger partial charge in [-0.05, 0) is 88.4 Å². The van der Waals surface area contributed by atoms with Crippen LogP contribution in [0.4, 0.5) is 17.1 Å². The molecule has 0 aliphatic carbocycles. The second-order valence-electron chi connectivity index (χ2n) is 11.4. The van der Waals surface area contributed by atoms with E-state index in [0.717, 1.165) is 31.9 Å². The Kier molecular flexibility index (Phi) is 6.36. The quantitative estimate of drug-likeness (QED) is 0.246. The molecule has 3 nitrogen and oxygen atoms in total. The van der Waals surface area contributed by atoms with Gasteiger partial charge >= 0.3 is 0 Å². The van der Waals surface area contributed by atoms with Crippen molar-refractivity contribution in [1.29, 1.82) is 0 Å². The number of nitrogens with two attached hydrogens (primary N) is 1. The fourth-order valence-corrected chi connectivity index (χ4v) is 7.09. The zero-order valence-corrected chi connectivity index (χ0v) is 22.6. The number of fused-ring (bicyclic) bond motifs is 2. The topological polar surface area (TPSA) is 32.5 Å². The molecule has 2 heterocycles. The SMILES string of the molecule is Nc1cc(N2CCC(c3cccc4ccccc34)CC2)cc(N2CCC(c3cccc4ccccc34)CC2)c1. The Morgan fingerprint density at radius 1 is 0.487 bits per heavy atom. The van der Waals surface area contributed by atoms with Gasteiger partial charge in [-0.1, -0.05) is 84.9 Å². The van der Waals surface area contributed by atoms with Crippen LogP contribution in [0.2, 0.25) is 0 Å². The minimum Gasteiger partial charge on any atom is -0.399 e. The summed E-state index contributed by atoms with van der Waals surface area (Å²) in [4.78, 5) is 5.09. The summed E-state index contributed by atoms with van der Waals surface area (Å²) in [6.45, 7) is 4.28. The van der Waals surface area contributed by atoms with Crippen LogP contribution in [-0.4, -0.2) is 26.2 Å². The van der Waals surface area contributed by atoms with Crippen LogP contribution >= 0.6 is 0 Å². The lowest BCUT2D eigenvalue weighted by molar-refractivity contribution is 0.505. The van der Waals surface area contributed by atoms with Gasteiger partial charge in [-0.2, -0.15) is 0 Å². The third-order valence-corrected chi connectivity index (χ3v) is 9.17. The number of rotatable bonds is 4. The first-order valence-electron chi connectivity index (χ1n) is 14.6. The van der Waals surface area contributed by atoms with E-state index in [1.54, 1.807) is 0 Å². The van der Waals surface area contributed by atoms with Gasteiger partial charge in [-0.15, -0.1) is 0 Å². The molecule has 0 amide bonds. The molecule has 2 N–H and O–H groups in total. The summed E-state index contributed by atoms with van der Waals surface area (Å²) < 4.78 is 0. The molecule has 0 radical (unpaired) electrons. The zero-order valence-electron chi connectivity index (χ0n) is 22.6. The van der Waals surface area contributed by atoms with Crippen molar-refractivity contribution in [2.45, 2.75) is 37.5 Å². The minimum absolute atomic E-state index is 0.612. The highest BCUT2D eigenvalue weighted by Gasteiger charge is 2.25. The number of hydrogen-bond donors (Lipinski definition) is 1. The van der Waals surface area contributed by atoms with Gasteiger partial charge in [0, 0.05) is 43.2 Å². The lowest BCUT2D eigenvalue weighted by atomic mass is 9.86. The molecular formula is C36H37N3. The lowest BCUT2D eigenvalue weighted by Gasteiger charge is -2.37. The van der Waals surface area contributed by atoms with Crippen molar-refractivity contribution in [2.24, 2.45) is 0 Å². The van der Waals surface area contributed by atoms with Gasteiger partial charge in [0.05, 0.1) is 0 Å². The number of nitrogens with zero attached hydrogens (tertiary/aromatic N) is 2. The van der Waals surface area contributed by atoms with Crippen molar-refractivity contribution < 1.29 is 0 Å². The van der Waals surface area contributed by atoms with E-state index in [1.807, 2.05) is 0 Å². The summed E-state index contributed by atoms with van der Waals surface area (Å²) in [7, 11) is 0. The summed E-state index contributed by atoms with van der Waals surface area (Å²) >= 11 is 0. The van der Waals surface area contributed by atoms with E-state index in [9.17, 15) is 0 Å². The monoisotopic (exact) mass is 511 g/mol. The maximum Gasteiger partial charge on any atom is 0.0407 e. The van der Waals surface area contributed by atoms with Gasteiger partial charge in [0.2, 0.25) is 0 Å². The van der Waals surface area contributed by atoms with Crippen LogP contribution in [0.1, 0.15) is 48.6 Å². The summed E-state index contributed by atoms with van der Waals surface area (Å²) in [6.07, 6.45) is 4.70. The van der Waals surface area contributed by atoms with Crippen LogP contribution < -0.4 is 15.5 Å². The molecular weight excluding hydrogens is 474 g/mol. The van der Waals surface area contributed by atoms with Crippen LogP contribution in [0.25, 0.3) is 21.5 Å². The Morgan fingerprint density at radius 2 is 0.897 bits per heavy atom. The van der Waals surface area contributed by atoms with E-state index in [-0.39, 0.29) is 0 Å². The standard InChI is InChI=1S/C36H37N3/c37-30-23-31(38-19-15-28(16-20-38)35-13-5-9-26-7-1-3-11-33(26)35)25-32(24-30)39-21-17-29(18-22-39)36-14-6-10-27-8-2-4-12-34(27)36/h1-14,23-25,28-29H,15-22,37H2. The highest BCUT2D eigenvalue weighted by atomic mass is 15.2. The number of nitrogen functional groups attached to an aromatic ring is 1. The van der Waals surface area contributed by atoms with E-state index < -0.39 is 0 Å². The largest absolute Gasteiger partial charge is 0.399 e. The second kappa shape index (κ2) is 10.3. The molecule has 0 bridgehead atoms. The van der Waals surface area contributed by atoms with Crippen LogP contribution in [0.5, 0.6) is 0 Å². The van der Waals surface area contributed by atoms with Gasteiger partial charge in [-0.25, -0.2) is 0 Å². The van der Waals surface area contributed by atoms with Crippen molar-refractivity contribution in [2.75, 3.05) is 41.7 Å². The number of anilines is 3. The molecule has 0 aromatic heterocycles. The average molecular weight is 512 g/mol. The number of benzene rings is 5. The molecule has 7 rings (SSSR count). The van der Waals surface area contributed by atoms with Crippen LogP contribution in [-0.2, 0) is 0 Å². The molecule has 0 unspecified atom stereocenters. The summed E-state index contributed by atoms with van der Waals surface area (Å²) in [6, 6.07) is 37.9. The highest BCUT2D eigenvalue weighted by Crippen LogP contribution is 2.38. The maximum absolute atomic E-state index is 6.48. The molecule has 5 aromatic carbocycles. The van der Waals surface area contributed by atoms with Crippen molar-refractivity contribution in [1.82, 2.24) is 0 Å². The Hall–Kier alpha value is -3.98. The average Bonchev–Trinajstić information content (AvgIpc) is 3.00. The van der Waals surface area contributed by atoms with Crippen molar-refractivity contribution in [3.05, 3.63) is 114 Å². The molecule has 0 saturated carbocycles. The molecule has 2 fully saturated rings. The van der Waals surface area contributed by atoms with E-state index in [4.69, 9.17) is 5.73 Å². The summed E-state index contributed by atoms with van der Waals surface area (Å²) in [5, 5.41) is 5.53. The third kappa shape index (κ3) is 4.71. The predicted octanol–water partition coefficient (Wildman–Crippen LogP) is 8.34. The number of piperidine rings is 2. The molecule has 0 spiro atoms. The van der Waals surface area contributed by atoms with E-state index in [0.29, 0.717) is 11.8 Å². The molecule has 5 aromatic rings. The fourth-order valence-electron chi connectivity index (χ4n) is 7.09. The Labute approximate surface area is 231 Å². The molecule has 2 aliphatic heterocycles. The smallest absolute Gasteiger partial charge is 0.0407 e. The maximum atomic E-state index is 6.48. The summed E-state index contributed by atoms with van der Waals surface area (Å²) in [5.41, 5.74) is 12.9. The van der Waals surface area contributed by atoms with Crippen LogP contribution in [0.3, 0.4) is 0 Å². The van der Waals surface area contributed by atoms with Gasteiger partial charge in [0.15, 0.2) is 0 Å². The molecule has 2 aliphatic rings. The Balaban J connectivity index is 1.04. The molecule has 0 atom stereocenters. The second-order valence-corrected chi connectivity index (χ2v) is 11.4. The normalized spacial score (nSPS) is 17.2.